The number of para-hydroxylation sites is 1. The molecule has 0 unspecified atom stereocenters. The Morgan fingerprint density at radius 2 is 1.75 bits per heavy atom. The van der Waals surface area contributed by atoms with E-state index in [2.05, 4.69) is 5.32 Å². The Morgan fingerprint density at radius 1 is 1.06 bits per heavy atom. The minimum absolute atomic E-state index is 0.719. The maximum Gasteiger partial charge on any atom is 0.0643 e. The highest BCUT2D eigenvalue weighted by Gasteiger charge is 2.03. The van der Waals surface area contributed by atoms with Crippen LogP contribution in [0.25, 0.3) is 0 Å². The summed E-state index contributed by atoms with van der Waals surface area (Å²) in [6, 6.07) is 13.4. The van der Waals surface area contributed by atoms with E-state index in [1.165, 1.54) is 0 Å². The third kappa shape index (κ3) is 2.28. The van der Waals surface area contributed by atoms with Crippen molar-refractivity contribution >= 4 is 28.7 Å². The number of halogens is 1. The van der Waals surface area contributed by atoms with Crippen LogP contribution in [0.1, 0.15) is 5.56 Å². The fraction of sp³-hybridized carbons (Fsp3) is 0.0769. The van der Waals surface area contributed by atoms with Gasteiger partial charge in [-0.3, -0.25) is 0 Å². The summed E-state index contributed by atoms with van der Waals surface area (Å²) in [5.74, 6) is 0. The van der Waals surface area contributed by atoms with Crippen LogP contribution >= 0.6 is 11.6 Å². The van der Waals surface area contributed by atoms with Crippen molar-refractivity contribution in [1.82, 2.24) is 0 Å². The van der Waals surface area contributed by atoms with Crippen LogP contribution in [0.15, 0.2) is 42.5 Å². The normalized spacial score (nSPS) is 10.1. The van der Waals surface area contributed by atoms with E-state index in [1.54, 1.807) is 0 Å². The van der Waals surface area contributed by atoms with Crippen LogP contribution in [-0.4, -0.2) is 0 Å². The lowest BCUT2D eigenvalue weighted by Gasteiger charge is -2.11. The molecule has 0 radical (unpaired) electrons. The van der Waals surface area contributed by atoms with Crippen molar-refractivity contribution in [3.05, 3.63) is 53.1 Å². The molecule has 82 valence electrons. The summed E-state index contributed by atoms with van der Waals surface area (Å²) in [5.41, 5.74) is 9.41. The van der Waals surface area contributed by atoms with Crippen LogP contribution in [-0.2, 0) is 0 Å². The molecule has 0 saturated heterocycles. The minimum Gasteiger partial charge on any atom is -0.399 e. The highest BCUT2D eigenvalue weighted by atomic mass is 35.5. The smallest absolute Gasteiger partial charge is 0.0643 e. The summed E-state index contributed by atoms with van der Waals surface area (Å²) in [6.45, 7) is 2.02. The van der Waals surface area contributed by atoms with Gasteiger partial charge in [-0.2, -0.15) is 0 Å². The summed E-state index contributed by atoms with van der Waals surface area (Å²) >= 11 is 6.12. The van der Waals surface area contributed by atoms with Crippen molar-refractivity contribution in [2.75, 3.05) is 11.1 Å². The molecule has 0 aliphatic heterocycles. The lowest BCUT2D eigenvalue weighted by atomic mass is 10.2. The molecule has 0 amide bonds. The number of benzene rings is 2. The molecule has 0 aliphatic rings. The molecule has 3 N–H and O–H groups in total. The molecule has 3 heteroatoms. The van der Waals surface area contributed by atoms with Crippen LogP contribution in [0.4, 0.5) is 17.1 Å². The van der Waals surface area contributed by atoms with Crippen LogP contribution < -0.4 is 11.1 Å². The van der Waals surface area contributed by atoms with Gasteiger partial charge in [0, 0.05) is 11.4 Å². The van der Waals surface area contributed by atoms with Crippen molar-refractivity contribution in [3.8, 4) is 0 Å². The maximum absolute atomic E-state index is 6.12. The van der Waals surface area contributed by atoms with Crippen LogP contribution in [0.3, 0.4) is 0 Å². The number of hydrogen-bond donors (Lipinski definition) is 2. The Hall–Kier alpha value is -1.67. The predicted octanol–water partition coefficient (Wildman–Crippen LogP) is 3.97. The minimum atomic E-state index is 0.719. The second-order valence-electron chi connectivity index (χ2n) is 3.68. The van der Waals surface area contributed by atoms with Gasteiger partial charge in [-0.05, 0) is 42.8 Å². The first-order valence-corrected chi connectivity index (χ1v) is 5.42. The van der Waals surface area contributed by atoms with E-state index >= 15 is 0 Å². The summed E-state index contributed by atoms with van der Waals surface area (Å²) in [6.07, 6.45) is 0. The third-order valence-corrected chi connectivity index (χ3v) is 2.72. The van der Waals surface area contributed by atoms with Crippen molar-refractivity contribution in [1.29, 1.82) is 0 Å². The quantitative estimate of drug-likeness (QED) is 0.769. The monoisotopic (exact) mass is 232 g/mol. The maximum atomic E-state index is 6.12. The zero-order chi connectivity index (χ0) is 11.5. The molecule has 0 bridgehead atoms. The van der Waals surface area contributed by atoms with Gasteiger partial charge in [-0.25, -0.2) is 0 Å². The first-order valence-electron chi connectivity index (χ1n) is 5.04. The number of nitrogens with one attached hydrogen (secondary N) is 1. The topological polar surface area (TPSA) is 38.0 Å². The molecular weight excluding hydrogens is 220 g/mol. The highest BCUT2D eigenvalue weighted by Crippen LogP contribution is 2.28. The molecule has 0 aromatic heterocycles. The molecule has 2 nitrogen and oxygen atoms in total. The van der Waals surface area contributed by atoms with E-state index < -0.39 is 0 Å². The zero-order valence-electron chi connectivity index (χ0n) is 9.00. The molecule has 0 saturated carbocycles. The lowest BCUT2D eigenvalue weighted by molar-refractivity contribution is 1.43. The first kappa shape index (κ1) is 10.8. The average Bonchev–Trinajstić information content (AvgIpc) is 2.26. The number of rotatable bonds is 2. The summed E-state index contributed by atoms with van der Waals surface area (Å²) in [7, 11) is 0. The second kappa shape index (κ2) is 4.45. The summed E-state index contributed by atoms with van der Waals surface area (Å²) in [5, 5.41) is 4.00. The fourth-order valence-electron chi connectivity index (χ4n) is 1.50. The van der Waals surface area contributed by atoms with Crippen molar-refractivity contribution in [2.24, 2.45) is 0 Å². The summed E-state index contributed by atoms with van der Waals surface area (Å²) < 4.78 is 0. The Kier molecular flexibility index (Phi) is 3.02. The van der Waals surface area contributed by atoms with E-state index in [0.717, 1.165) is 27.6 Å². The number of aryl methyl sites for hydroxylation is 1. The zero-order valence-corrected chi connectivity index (χ0v) is 9.75. The second-order valence-corrected chi connectivity index (χ2v) is 4.09. The average molecular weight is 233 g/mol. The molecule has 0 aliphatic carbocycles. The van der Waals surface area contributed by atoms with Gasteiger partial charge < -0.3 is 11.1 Å². The first-order chi connectivity index (χ1) is 7.66. The highest BCUT2D eigenvalue weighted by molar-refractivity contribution is 6.33. The molecule has 2 aromatic rings. The molecular formula is C13H13ClN2. The van der Waals surface area contributed by atoms with Gasteiger partial charge >= 0.3 is 0 Å². The predicted molar refractivity (Wildman–Crippen MR) is 70.3 cm³/mol. The molecule has 16 heavy (non-hydrogen) atoms. The van der Waals surface area contributed by atoms with Gasteiger partial charge in [0.1, 0.15) is 0 Å². The molecule has 0 heterocycles. The van der Waals surface area contributed by atoms with Gasteiger partial charge in [-0.1, -0.05) is 23.7 Å². The van der Waals surface area contributed by atoms with Crippen molar-refractivity contribution in [2.45, 2.75) is 6.92 Å². The third-order valence-electron chi connectivity index (χ3n) is 2.40. The van der Waals surface area contributed by atoms with Gasteiger partial charge in [-0.15, -0.1) is 0 Å². The van der Waals surface area contributed by atoms with E-state index in [9.17, 15) is 0 Å². The molecule has 2 aromatic carbocycles. The van der Waals surface area contributed by atoms with Gasteiger partial charge in [0.05, 0.1) is 10.7 Å². The number of nitrogen functional groups attached to an aromatic ring is 1. The van der Waals surface area contributed by atoms with E-state index in [4.69, 9.17) is 17.3 Å². The Morgan fingerprint density at radius 3 is 2.38 bits per heavy atom. The number of nitrogens with two attached hydrogens (primary N) is 1. The van der Waals surface area contributed by atoms with Crippen molar-refractivity contribution in [3.63, 3.8) is 0 Å². The van der Waals surface area contributed by atoms with Crippen LogP contribution in [0.5, 0.6) is 0 Å². The summed E-state index contributed by atoms with van der Waals surface area (Å²) in [4.78, 5) is 0. The molecule has 0 atom stereocenters. The van der Waals surface area contributed by atoms with Crippen LogP contribution in [0, 0.1) is 6.92 Å². The van der Waals surface area contributed by atoms with E-state index in [1.807, 2.05) is 49.4 Å². The molecule has 2 rings (SSSR count). The Balaban J connectivity index is 2.30. The van der Waals surface area contributed by atoms with Gasteiger partial charge in [0.25, 0.3) is 0 Å². The largest absolute Gasteiger partial charge is 0.399 e. The molecule has 0 fully saturated rings. The molecule has 0 spiro atoms. The number of hydrogen-bond acceptors (Lipinski definition) is 2. The van der Waals surface area contributed by atoms with Crippen molar-refractivity contribution < 1.29 is 0 Å². The lowest BCUT2D eigenvalue weighted by Crippen LogP contribution is -1.94. The van der Waals surface area contributed by atoms with Crippen LogP contribution in [0.2, 0.25) is 5.02 Å². The Bertz CT molecular complexity index is 472. The fourth-order valence-corrected chi connectivity index (χ4v) is 1.77. The van der Waals surface area contributed by atoms with E-state index in [-0.39, 0.29) is 0 Å². The van der Waals surface area contributed by atoms with Gasteiger partial charge in [0.2, 0.25) is 0 Å². The Labute approximate surface area is 100 Å². The van der Waals surface area contributed by atoms with Gasteiger partial charge in [0.15, 0.2) is 0 Å². The standard InChI is InChI=1S/C13H13ClN2/c1-9-3-2-4-12(14)13(9)16-11-7-5-10(15)6-8-11/h2-8,16H,15H2,1H3. The SMILES string of the molecule is Cc1cccc(Cl)c1Nc1ccc(N)cc1. The number of anilines is 3. The van der Waals surface area contributed by atoms with E-state index in [0.29, 0.717) is 0 Å².